The van der Waals surface area contributed by atoms with Crippen LogP contribution in [-0.4, -0.2) is 62.1 Å². The molecule has 20 nitrogen and oxygen atoms in total. The number of azo groups is 2. The van der Waals surface area contributed by atoms with Crippen LogP contribution in [0.5, 0.6) is 23.0 Å². The molecular formula is C40H25CrN4O16S4. The normalized spacial score (nSPS) is 12.5. The van der Waals surface area contributed by atoms with E-state index in [-0.39, 0.29) is 72.1 Å². The average molecular weight is 998 g/mol. The first-order valence-corrected chi connectivity index (χ1v) is 23.4. The summed E-state index contributed by atoms with van der Waals surface area (Å²) in [6, 6.07) is 26.0. The fourth-order valence-electron chi connectivity index (χ4n) is 6.70. The Morgan fingerprint density at radius 2 is 0.831 bits per heavy atom. The van der Waals surface area contributed by atoms with E-state index in [1.54, 1.807) is 6.07 Å². The van der Waals surface area contributed by atoms with E-state index in [2.05, 4.69) is 20.5 Å². The van der Waals surface area contributed by atoms with Crippen LogP contribution >= 0.6 is 0 Å². The molecule has 0 saturated carbocycles. The van der Waals surface area contributed by atoms with Gasteiger partial charge in [-0.1, -0.05) is 102 Å². The van der Waals surface area contributed by atoms with E-state index in [0.29, 0.717) is 11.5 Å². The number of rotatable bonds is 8. The topological polar surface area (TPSA) is 356 Å². The number of hydrogen-bond acceptors (Lipinski definition) is 17. The second kappa shape index (κ2) is 17.7. The van der Waals surface area contributed by atoms with Crippen LogP contribution in [0.2, 0.25) is 0 Å². The molecular weight excluding hydrogens is 973 g/mol. The number of benzene rings is 8. The molecule has 0 amide bonds. The molecule has 8 aromatic rings. The van der Waals surface area contributed by atoms with Gasteiger partial charge in [0, 0.05) is 38.4 Å². The van der Waals surface area contributed by atoms with Gasteiger partial charge in [0.25, 0.3) is 30.4 Å². The van der Waals surface area contributed by atoms with Gasteiger partial charge in [0.1, 0.15) is 47.7 Å². The molecule has 0 aliphatic rings. The molecule has 1 radical (unpaired) electrons. The molecule has 25 heteroatoms. The second-order valence-corrected chi connectivity index (χ2v) is 18.9. The van der Waals surface area contributed by atoms with Gasteiger partial charge in [-0.15, -0.1) is 10.2 Å². The Kier molecular flexibility index (Phi) is 13.1. The van der Waals surface area contributed by atoms with Crippen molar-refractivity contribution < 1.29 is 89.7 Å². The van der Waals surface area contributed by atoms with Crippen LogP contribution in [0.3, 0.4) is 0 Å². The van der Waals surface area contributed by atoms with Crippen molar-refractivity contribution in [1.29, 1.82) is 0 Å². The number of phenols is 2. The monoisotopic (exact) mass is 997 g/mol. The van der Waals surface area contributed by atoms with Gasteiger partial charge in [-0.2, -0.15) is 35.5 Å². The fraction of sp³-hybridized carbons (Fsp3) is 0. The predicted molar refractivity (Wildman–Crippen MR) is 224 cm³/mol. The van der Waals surface area contributed by atoms with Crippen LogP contribution in [0.1, 0.15) is 0 Å². The molecule has 0 bridgehead atoms. The second-order valence-electron chi connectivity index (χ2n) is 13.4. The third-order valence-electron chi connectivity index (χ3n) is 9.41. The van der Waals surface area contributed by atoms with Gasteiger partial charge in [-0.25, -0.2) is 8.42 Å². The van der Waals surface area contributed by atoms with E-state index in [0.717, 1.165) is 24.3 Å². The Labute approximate surface area is 378 Å². The molecule has 0 aromatic heterocycles. The minimum atomic E-state index is -4.96. The van der Waals surface area contributed by atoms with Crippen LogP contribution in [0.15, 0.2) is 161 Å². The molecule has 0 aliphatic carbocycles. The summed E-state index contributed by atoms with van der Waals surface area (Å²) in [5.74, 6) is -2.74. The largest absolute Gasteiger partial charge is 3.00 e. The first-order valence-electron chi connectivity index (χ1n) is 17.6. The minimum absolute atomic E-state index is 0. The van der Waals surface area contributed by atoms with Crippen molar-refractivity contribution in [3.05, 3.63) is 121 Å². The molecule has 0 atom stereocenters. The van der Waals surface area contributed by atoms with Crippen molar-refractivity contribution in [2.75, 3.05) is 0 Å². The standard InChI is InChI=1S/2C20H14N2O8S2.Cr/c2*23-14-9-8-11-4-3-7-16(31(25,26)27)18(11)20(14)22-21-19-13-6-2-1-5-12(13)17(10-15(19)24)32(28,29)30;/h2*1-10,23-24H,(H,25,26,27)(H,28,29,30);/q;;+3/p-3. The molecule has 8 rings (SSSR count). The zero-order chi connectivity index (χ0) is 46.5. The Bertz CT molecular complexity index is 3550. The van der Waals surface area contributed by atoms with Gasteiger partial charge in [0.15, 0.2) is 0 Å². The predicted octanol–water partition coefficient (Wildman–Crippen LogP) is 7.02. The Balaban J connectivity index is 0.000000212. The molecule has 0 heterocycles. The van der Waals surface area contributed by atoms with Crippen molar-refractivity contribution in [2.24, 2.45) is 20.5 Å². The Morgan fingerprint density at radius 1 is 0.400 bits per heavy atom. The number of phenolic OH excluding ortho intramolecular Hbond substituents is 2. The number of nitrogens with zero attached hydrogens (tertiary/aromatic N) is 4. The fourth-order valence-corrected chi connectivity index (χ4v) is 9.56. The first kappa shape index (κ1) is 47.8. The number of aromatic hydroxyl groups is 2. The molecule has 8 aromatic carbocycles. The quantitative estimate of drug-likeness (QED) is 0.0754. The SMILES string of the molecule is O=S(=O)(O)c1cc(O)c(N=Nc2c(O)ccc3cccc(S(=O)(=O)O)c23)c2ccccc12.O=S(=O)([O-])c1cccc2ccc([O-])c(N=Nc3c([O-])cc(S(=O)(=O)O)c4ccccc34)c12.[Cr+3]. The van der Waals surface area contributed by atoms with E-state index in [1.807, 2.05) is 0 Å². The van der Waals surface area contributed by atoms with E-state index < -0.39 is 88.7 Å². The van der Waals surface area contributed by atoms with Gasteiger partial charge >= 0.3 is 17.4 Å². The molecule has 331 valence electrons. The van der Waals surface area contributed by atoms with Crippen LogP contribution in [0, 0.1) is 0 Å². The molecule has 5 N–H and O–H groups in total. The molecule has 65 heavy (non-hydrogen) atoms. The Morgan fingerprint density at radius 3 is 1.37 bits per heavy atom. The van der Waals surface area contributed by atoms with Gasteiger partial charge in [0.05, 0.1) is 16.3 Å². The van der Waals surface area contributed by atoms with Gasteiger partial charge in [-0.05, 0) is 35.0 Å². The summed E-state index contributed by atoms with van der Waals surface area (Å²) < 4.78 is 134. The summed E-state index contributed by atoms with van der Waals surface area (Å²) >= 11 is 0. The van der Waals surface area contributed by atoms with Crippen LogP contribution in [0.25, 0.3) is 43.1 Å². The van der Waals surface area contributed by atoms with Crippen LogP contribution < -0.4 is 10.2 Å². The average Bonchev–Trinajstić information content (AvgIpc) is 3.22. The van der Waals surface area contributed by atoms with E-state index in [1.165, 1.54) is 84.9 Å². The molecule has 0 unspecified atom stereocenters. The first-order chi connectivity index (χ1) is 30.0. The maximum atomic E-state index is 12.5. The number of hydrogen-bond donors (Lipinski definition) is 5. The summed E-state index contributed by atoms with van der Waals surface area (Å²) in [7, 11) is -19.0. The maximum Gasteiger partial charge on any atom is 3.00 e. The van der Waals surface area contributed by atoms with Gasteiger partial charge in [0.2, 0.25) is 0 Å². The van der Waals surface area contributed by atoms with Crippen molar-refractivity contribution in [2.45, 2.75) is 19.6 Å². The maximum absolute atomic E-state index is 12.5. The van der Waals surface area contributed by atoms with E-state index in [9.17, 15) is 72.3 Å². The van der Waals surface area contributed by atoms with E-state index in [4.69, 9.17) is 0 Å². The van der Waals surface area contributed by atoms with Gasteiger partial charge < -0.3 is 25.0 Å². The molecule has 0 fully saturated rings. The zero-order valence-electron chi connectivity index (χ0n) is 32.1. The van der Waals surface area contributed by atoms with Gasteiger partial charge in [-0.3, -0.25) is 13.7 Å². The summed E-state index contributed by atoms with van der Waals surface area (Å²) in [5.41, 5.74) is -1.29. The van der Waals surface area contributed by atoms with Crippen LogP contribution in [0.4, 0.5) is 22.7 Å². The van der Waals surface area contributed by atoms with Crippen molar-refractivity contribution >= 4 is 106 Å². The smallest absolute Gasteiger partial charge is 0.871 e. The zero-order valence-corrected chi connectivity index (χ0v) is 36.6. The molecule has 0 aliphatic heterocycles. The van der Waals surface area contributed by atoms with Crippen molar-refractivity contribution in [1.82, 2.24) is 0 Å². The molecule has 0 saturated heterocycles. The van der Waals surface area contributed by atoms with Crippen LogP contribution in [-0.2, 0) is 57.8 Å². The molecule has 0 spiro atoms. The summed E-state index contributed by atoms with van der Waals surface area (Å²) in [5, 5.41) is 61.5. The third-order valence-corrected chi connectivity index (χ3v) is 13.0. The summed E-state index contributed by atoms with van der Waals surface area (Å²) in [4.78, 5) is -2.33. The minimum Gasteiger partial charge on any atom is -0.871 e. The van der Waals surface area contributed by atoms with E-state index >= 15 is 0 Å². The van der Waals surface area contributed by atoms with Crippen molar-refractivity contribution in [3.63, 3.8) is 0 Å². The van der Waals surface area contributed by atoms with Crippen molar-refractivity contribution in [3.8, 4) is 23.0 Å². The summed E-state index contributed by atoms with van der Waals surface area (Å²) in [6.45, 7) is 0. The summed E-state index contributed by atoms with van der Waals surface area (Å²) in [6.07, 6.45) is 0. The number of fused-ring (bicyclic) bond motifs is 4. The Hall–Kier alpha value is -6.63. The third kappa shape index (κ3) is 9.60.